The molecule has 6 nitrogen and oxygen atoms in total. The molecule has 1 saturated heterocycles. The second kappa shape index (κ2) is 5.41. The molecule has 88 valence electrons. The van der Waals surface area contributed by atoms with Gasteiger partial charge in [0, 0.05) is 6.42 Å². The van der Waals surface area contributed by atoms with Crippen molar-refractivity contribution >= 4 is 5.97 Å². The monoisotopic (exact) mass is 220 g/mol. The van der Waals surface area contributed by atoms with Crippen LogP contribution in [0.25, 0.3) is 0 Å². The molecule has 1 unspecified atom stereocenters. The van der Waals surface area contributed by atoms with Crippen LogP contribution in [-0.2, 0) is 14.3 Å². The second-order valence-corrected chi connectivity index (χ2v) is 3.45. The van der Waals surface area contributed by atoms with Crippen molar-refractivity contribution in [1.29, 1.82) is 0 Å². The van der Waals surface area contributed by atoms with E-state index in [-0.39, 0.29) is 6.42 Å². The average Bonchev–Trinajstić information content (AvgIpc) is 2.46. The Kier molecular flexibility index (Phi) is 4.46. The molecule has 15 heavy (non-hydrogen) atoms. The minimum atomic E-state index is -1.30. The summed E-state index contributed by atoms with van der Waals surface area (Å²) in [5, 5.41) is 27.5. The summed E-state index contributed by atoms with van der Waals surface area (Å²) in [4.78, 5) is 11.1. The maximum atomic E-state index is 11.1. The van der Waals surface area contributed by atoms with Gasteiger partial charge in [-0.1, -0.05) is 6.92 Å². The number of aliphatic hydroxyl groups is 3. The van der Waals surface area contributed by atoms with Gasteiger partial charge in [0.25, 0.3) is 0 Å². The molecule has 0 radical (unpaired) electrons. The highest BCUT2D eigenvalue weighted by atomic mass is 16.7. The SMILES string of the molecule is CCCC(=O)OC1O[C@H](CO)[C@@H](O)[C@H]1O. The number of hydrogen-bond donors (Lipinski definition) is 3. The van der Waals surface area contributed by atoms with Gasteiger partial charge in [-0.05, 0) is 6.42 Å². The van der Waals surface area contributed by atoms with Crippen LogP contribution in [0.2, 0.25) is 0 Å². The molecule has 6 heteroatoms. The van der Waals surface area contributed by atoms with Gasteiger partial charge in [0.1, 0.15) is 18.3 Å². The van der Waals surface area contributed by atoms with Crippen LogP contribution in [0.5, 0.6) is 0 Å². The Bertz CT molecular complexity index is 219. The van der Waals surface area contributed by atoms with Crippen LogP contribution in [0.1, 0.15) is 19.8 Å². The van der Waals surface area contributed by atoms with Crippen molar-refractivity contribution in [2.24, 2.45) is 0 Å². The number of esters is 1. The lowest BCUT2D eigenvalue weighted by Gasteiger charge is -2.14. The molecule has 0 aromatic heterocycles. The third-order valence-corrected chi connectivity index (χ3v) is 2.20. The predicted molar refractivity (Wildman–Crippen MR) is 48.8 cm³/mol. The Morgan fingerprint density at radius 1 is 1.40 bits per heavy atom. The third kappa shape index (κ3) is 2.88. The minimum Gasteiger partial charge on any atom is -0.433 e. The van der Waals surface area contributed by atoms with Crippen LogP contribution in [0.3, 0.4) is 0 Å². The van der Waals surface area contributed by atoms with Crippen LogP contribution in [0.4, 0.5) is 0 Å². The van der Waals surface area contributed by atoms with Crippen molar-refractivity contribution in [3.8, 4) is 0 Å². The molecule has 0 bridgehead atoms. The zero-order chi connectivity index (χ0) is 11.4. The summed E-state index contributed by atoms with van der Waals surface area (Å²) in [6.45, 7) is 1.39. The summed E-state index contributed by atoms with van der Waals surface area (Å²) in [7, 11) is 0. The Balaban J connectivity index is 2.47. The van der Waals surface area contributed by atoms with Crippen molar-refractivity contribution in [3.05, 3.63) is 0 Å². The first-order valence-electron chi connectivity index (χ1n) is 4.92. The van der Waals surface area contributed by atoms with E-state index in [0.29, 0.717) is 6.42 Å². The van der Waals surface area contributed by atoms with Crippen molar-refractivity contribution in [2.45, 2.75) is 44.4 Å². The van der Waals surface area contributed by atoms with E-state index in [2.05, 4.69) is 0 Å². The predicted octanol–water partition coefficient (Wildman–Crippen LogP) is -1.23. The topological polar surface area (TPSA) is 96.2 Å². The van der Waals surface area contributed by atoms with Crippen LogP contribution < -0.4 is 0 Å². The quantitative estimate of drug-likeness (QED) is 0.513. The highest BCUT2D eigenvalue weighted by Crippen LogP contribution is 2.22. The Hall–Kier alpha value is -0.690. The Labute approximate surface area is 87.4 Å². The molecule has 1 heterocycles. The molecule has 0 saturated carbocycles. The number of carbonyl (C=O) groups is 1. The lowest BCUT2D eigenvalue weighted by atomic mass is 10.1. The van der Waals surface area contributed by atoms with Crippen molar-refractivity contribution < 1.29 is 29.6 Å². The van der Waals surface area contributed by atoms with Gasteiger partial charge in [0.2, 0.25) is 6.29 Å². The second-order valence-electron chi connectivity index (χ2n) is 3.45. The van der Waals surface area contributed by atoms with E-state index in [1.165, 1.54) is 0 Å². The van der Waals surface area contributed by atoms with Gasteiger partial charge in [0.15, 0.2) is 0 Å². The van der Waals surface area contributed by atoms with Crippen molar-refractivity contribution in [1.82, 2.24) is 0 Å². The first-order valence-corrected chi connectivity index (χ1v) is 4.92. The van der Waals surface area contributed by atoms with Crippen LogP contribution in [-0.4, -0.2) is 52.5 Å². The van der Waals surface area contributed by atoms with Gasteiger partial charge in [-0.3, -0.25) is 4.79 Å². The van der Waals surface area contributed by atoms with Crippen LogP contribution in [0, 0.1) is 0 Å². The fraction of sp³-hybridized carbons (Fsp3) is 0.889. The molecule has 0 aromatic rings. The van der Waals surface area contributed by atoms with Gasteiger partial charge < -0.3 is 24.8 Å². The molecular formula is C9H16O6. The maximum Gasteiger partial charge on any atom is 0.308 e. The fourth-order valence-corrected chi connectivity index (χ4v) is 1.36. The summed E-state index contributed by atoms with van der Waals surface area (Å²) >= 11 is 0. The number of ether oxygens (including phenoxy) is 2. The van der Waals surface area contributed by atoms with E-state index in [1.807, 2.05) is 6.92 Å². The molecule has 0 aromatic carbocycles. The zero-order valence-electron chi connectivity index (χ0n) is 8.50. The third-order valence-electron chi connectivity index (χ3n) is 2.20. The van der Waals surface area contributed by atoms with E-state index < -0.39 is 37.2 Å². The van der Waals surface area contributed by atoms with Crippen molar-refractivity contribution in [3.63, 3.8) is 0 Å². The summed E-state index contributed by atoms with van der Waals surface area (Å²) < 4.78 is 9.74. The number of aliphatic hydroxyl groups excluding tert-OH is 3. The molecule has 0 amide bonds. The summed E-state index contributed by atoms with van der Waals surface area (Å²) in [6, 6.07) is 0. The van der Waals surface area contributed by atoms with E-state index in [1.54, 1.807) is 0 Å². The van der Waals surface area contributed by atoms with E-state index in [4.69, 9.17) is 14.6 Å². The molecule has 0 spiro atoms. The van der Waals surface area contributed by atoms with Gasteiger partial charge in [0.05, 0.1) is 6.61 Å². The molecule has 1 aliphatic heterocycles. The smallest absolute Gasteiger partial charge is 0.308 e. The largest absolute Gasteiger partial charge is 0.433 e. The van der Waals surface area contributed by atoms with Gasteiger partial charge in [-0.2, -0.15) is 0 Å². The molecule has 4 atom stereocenters. The van der Waals surface area contributed by atoms with Gasteiger partial charge in [-0.15, -0.1) is 0 Å². The van der Waals surface area contributed by atoms with Crippen molar-refractivity contribution in [2.75, 3.05) is 6.61 Å². The fourth-order valence-electron chi connectivity index (χ4n) is 1.36. The Morgan fingerprint density at radius 2 is 2.07 bits per heavy atom. The summed E-state index contributed by atoms with van der Waals surface area (Å²) in [5.74, 6) is -0.493. The lowest BCUT2D eigenvalue weighted by Crippen LogP contribution is -2.35. The Morgan fingerprint density at radius 3 is 2.53 bits per heavy atom. The van der Waals surface area contributed by atoms with E-state index >= 15 is 0 Å². The highest BCUT2D eigenvalue weighted by molar-refractivity contribution is 5.69. The normalized spacial score (nSPS) is 35.5. The molecule has 1 fully saturated rings. The number of carbonyl (C=O) groups excluding carboxylic acids is 1. The van der Waals surface area contributed by atoms with Crippen LogP contribution >= 0.6 is 0 Å². The zero-order valence-corrected chi connectivity index (χ0v) is 8.50. The van der Waals surface area contributed by atoms with Gasteiger partial charge in [-0.25, -0.2) is 0 Å². The molecule has 1 aliphatic rings. The molecule has 1 rings (SSSR count). The molecular weight excluding hydrogens is 204 g/mol. The van der Waals surface area contributed by atoms with E-state index in [0.717, 1.165) is 0 Å². The minimum absolute atomic E-state index is 0.229. The lowest BCUT2D eigenvalue weighted by molar-refractivity contribution is -0.189. The standard InChI is InChI=1S/C9H16O6/c1-2-3-6(11)15-9-8(13)7(12)5(4-10)14-9/h5,7-10,12-13H,2-4H2,1H3/t5-,7-,8-,9?/m1/s1. The molecule has 0 aliphatic carbocycles. The van der Waals surface area contributed by atoms with Crippen LogP contribution in [0.15, 0.2) is 0 Å². The first-order chi connectivity index (χ1) is 7.10. The average molecular weight is 220 g/mol. The number of hydrogen-bond acceptors (Lipinski definition) is 6. The first kappa shape index (κ1) is 12.4. The van der Waals surface area contributed by atoms with Gasteiger partial charge >= 0.3 is 5.97 Å². The summed E-state index contributed by atoms with van der Waals surface area (Å²) in [5.41, 5.74) is 0. The highest BCUT2D eigenvalue weighted by Gasteiger charge is 2.44. The molecule has 3 N–H and O–H groups in total. The van der Waals surface area contributed by atoms with E-state index in [9.17, 15) is 15.0 Å². The maximum absolute atomic E-state index is 11.1. The summed E-state index contributed by atoms with van der Waals surface area (Å²) in [6.07, 6.45) is -3.76. The number of rotatable bonds is 4.